The van der Waals surface area contributed by atoms with Crippen LogP contribution in [0.4, 0.5) is 0 Å². The molecule has 2 aliphatic rings. The van der Waals surface area contributed by atoms with Crippen LogP contribution in [-0.2, 0) is 11.3 Å². The number of imidazole rings is 1. The highest BCUT2D eigenvalue weighted by Gasteiger charge is 2.31. The minimum atomic E-state index is 0.272. The van der Waals surface area contributed by atoms with Crippen LogP contribution >= 0.6 is 11.6 Å². The molecule has 4 aromatic rings. The number of rotatable bonds is 5. The molecule has 0 N–H and O–H groups in total. The molecule has 35 heavy (non-hydrogen) atoms. The highest BCUT2D eigenvalue weighted by molar-refractivity contribution is 6.30. The molecule has 1 saturated carbocycles. The number of pyridine rings is 1. The summed E-state index contributed by atoms with van der Waals surface area (Å²) < 4.78 is 2.23. The number of carbonyl (C=O) groups is 1. The molecular formula is C29H29ClN4O. The Hall–Kier alpha value is -3.15. The van der Waals surface area contributed by atoms with Crippen molar-refractivity contribution in [2.45, 2.75) is 25.8 Å². The lowest BCUT2D eigenvalue weighted by molar-refractivity contribution is -0.140. The van der Waals surface area contributed by atoms with Gasteiger partial charge in [0, 0.05) is 55.4 Å². The number of piperazine rings is 1. The highest BCUT2D eigenvalue weighted by atomic mass is 35.5. The van der Waals surface area contributed by atoms with Crippen LogP contribution in [0.15, 0.2) is 72.9 Å². The molecule has 2 aromatic carbocycles. The van der Waals surface area contributed by atoms with Gasteiger partial charge in [-0.1, -0.05) is 60.5 Å². The Morgan fingerprint density at radius 2 is 1.57 bits per heavy atom. The minimum Gasteiger partial charge on any atom is -0.340 e. The number of carbonyl (C=O) groups excluding carboxylic acids is 1. The summed E-state index contributed by atoms with van der Waals surface area (Å²) in [5.41, 5.74) is 6.50. The first-order valence-electron chi connectivity index (χ1n) is 12.5. The number of hydrogen-bond acceptors (Lipinski definition) is 3. The van der Waals surface area contributed by atoms with Gasteiger partial charge in [-0.05, 0) is 48.2 Å². The molecule has 0 radical (unpaired) electrons. The van der Waals surface area contributed by atoms with Crippen LogP contribution in [0.25, 0.3) is 28.0 Å². The predicted molar refractivity (Wildman–Crippen MR) is 140 cm³/mol. The summed E-state index contributed by atoms with van der Waals surface area (Å²) in [6.07, 6.45) is 5.52. The van der Waals surface area contributed by atoms with Crippen LogP contribution in [0, 0.1) is 5.92 Å². The Morgan fingerprint density at radius 1 is 0.857 bits per heavy atom. The van der Waals surface area contributed by atoms with Crippen molar-refractivity contribution in [1.29, 1.82) is 0 Å². The van der Waals surface area contributed by atoms with E-state index in [1.807, 2.05) is 30.3 Å². The van der Waals surface area contributed by atoms with E-state index in [0.717, 1.165) is 73.1 Å². The van der Waals surface area contributed by atoms with Gasteiger partial charge in [0.2, 0.25) is 5.91 Å². The summed E-state index contributed by atoms with van der Waals surface area (Å²) in [5, 5.41) is 0.720. The molecule has 178 valence electrons. The van der Waals surface area contributed by atoms with E-state index in [0.29, 0.717) is 5.91 Å². The van der Waals surface area contributed by atoms with Crippen LogP contribution in [0.2, 0.25) is 5.02 Å². The summed E-state index contributed by atoms with van der Waals surface area (Å²) in [6, 6.07) is 22.6. The second-order valence-electron chi connectivity index (χ2n) is 9.66. The summed E-state index contributed by atoms with van der Waals surface area (Å²) >= 11 is 6.17. The fraction of sp³-hybridized carbons (Fsp3) is 0.310. The monoisotopic (exact) mass is 484 g/mol. The molecule has 0 spiro atoms. The van der Waals surface area contributed by atoms with Crippen molar-refractivity contribution in [2.24, 2.45) is 5.92 Å². The Kier molecular flexibility index (Phi) is 6.05. The van der Waals surface area contributed by atoms with Gasteiger partial charge in [-0.25, -0.2) is 4.98 Å². The zero-order valence-corrected chi connectivity index (χ0v) is 20.5. The quantitative estimate of drug-likeness (QED) is 0.361. The van der Waals surface area contributed by atoms with Crippen molar-refractivity contribution < 1.29 is 4.79 Å². The van der Waals surface area contributed by atoms with Crippen molar-refractivity contribution in [3.63, 3.8) is 0 Å². The lowest BCUT2D eigenvalue weighted by atomic mass is 9.84. The van der Waals surface area contributed by atoms with Gasteiger partial charge in [0.25, 0.3) is 0 Å². The van der Waals surface area contributed by atoms with Crippen LogP contribution < -0.4 is 0 Å². The molecule has 1 aliphatic carbocycles. The molecule has 2 aromatic heterocycles. The van der Waals surface area contributed by atoms with E-state index in [-0.39, 0.29) is 5.92 Å². The van der Waals surface area contributed by atoms with Gasteiger partial charge >= 0.3 is 0 Å². The average Bonchev–Trinajstić information content (AvgIpc) is 3.22. The van der Waals surface area contributed by atoms with E-state index in [2.05, 4.69) is 56.8 Å². The fourth-order valence-electron chi connectivity index (χ4n) is 5.14. The zero-order valence-electron chi connectivity index (χ0n) is 19.7. The standard InChI is InChI=1S/C29H29ClN4O/c30-25-12-9-22(10-13-25)28-26(20-32-15-17-33(18-16-32)29(35)23-7-4-8-23)34-19-24(11-14-27(34)31-28)21-5-2-1-3-6-21/h1-3,5-6,9-14,19,23H,4,7-8,15-18,20H2. The molecule has 1 amide bonds. The van der Waals surface area contributed by atoms with E-state index in [9.17, 15) is 4.79 Å². The van der Waals surface area contributed by atoms with Gasteiger partial charge < -0.3 is 9.30 Å². The highest BCUT2D eigenvalue weighted by Crippen LogP contribution is 2.31. The molecule has 0 bridgehead atoms. The molecule has 2 fully saturated rings. The lowest BCUT2D eigenvalue weighted by Gasteiger charge is -2.38. The van der Waals surface area contributed by atoms with E-state index in [1.165, 1.54) is 17.7 Å². The topological polar surface area (TPSA) is 40.9 Å². The maximum atomic E-state index is 12.7. The molecule has 1 aliphatic heterocycles. The largest absolute Gasteiger partial charge is 0.340 e. The van der Waals surface area contributed by atoms with E-state index in [4.69, 9.17) is 16.6 Å². The van der Waals surface area contributed by atoms with Gasteiger partial charge in [-0.3, -0.25) is 9.69 Å². The van der Waals surface area contributed by atoms with Crippen molar-refractivity contribution in [2.75, 3.05) is 26.2 Å². The second-order valence-corrected chi connectivity index (χ2v) is 10.1. The minimum absolute atomic E-state index is 0.272. The van der Waals surface area contributed by atoms with Gasteiger partial charge in [-0.2, -0.15) is 0 Å². The number of nitrogens with zero attached hydrogens (tertiary/aromatic N) is 4. The van der Waals surface area contributed by atoms with Gasteiger partial charge in [-0.15, -0.1) is 0 Å². The summed E-state index contributed by atoms with van der Waals surface area (Å²) in [6.45, 7) is 4.15. The summed E-state index contributed by atoms with van der Waals surface area (Å²) in [5.74, 6) is 0.633. The Balaban J connectivity index is 1.32. The molecule has 1 saturated heterocycles. The van der Waals surface area contributed by atoms with Crippen LogP contribution in [0.5, 0.6) is 0 Å². The van der Waals surface area contributed by atoms with Gasteiger partial charge in [0.1, 0.15) is 5.65 Å². The van der Waals surface area contributed by atoms with Crippen molar-refractivity contribution in [1.82, 2.24) is 19.2 Å². The third-order valence-electron chi connectivity index (χ3n) is 7.45. The first kappa shape index (κ1) is 22.3. The number of aromatic nitrogens is 2. The van der Waals surface area contributed by atoms with Crippen molar-refractivity contribution in [3.8, 4) is 22.4 Å². The van der Waals surface area contributed by atoms with Crippen molar-refractivity contribution in [3.05, 3.63) is 83.6 Å². The number of hydrogen-bond donors (Lipinski definition) is 0. The van der Waals surface area contributed by atoms with Gasteiger partial charge in [0.05, 0.1) is 11.4 Å². The third kappa shape index (κ3) is 4.46. The molecule has 0 unspecified atom stereocenters. The average molecular weight is 485 g/mol. The zero-order chi connectivity index (χ0) is 23.8. The summed E-state index contributed by atoms with van der Waals surface area (Å²) in [7, 11) is 0. The molecule has 5 nitrogen and oxygen atoms in total. The SMILES string of the molecule is O=C(C1CCC1)N1CCN(Cc2c(-c3ccc(Cl)cc3)nc3ccc(-c4ccccc4)cn23)CC1. The molecule has 6 rings (SSSR count). The molecule has 0 atom stereocenters. The molecule has 3 heterocycles. The first-order valence-corrected chi connectivity index (χ1v) is 12.9. The predicted octanol–water partition coefficient (Wildman–Crippen LogP) is 5.77. The van der Waals surface area contributed by atoms with Crippen LogP contribution in [0.1, 0.15) is 25.0 Å². The maximum absolute atomic E-state index is 12.7. The first-order chi connectivity index (χ1) is 17.2. The van der Waals surface area contributed by atoms with E-state index in [1.54, 1.807) is 0 Å². The van der Waals surface area contributed by atoms with Crippen LogP contribution in [0.3, 0.4) is 0 Å². The fourth-order valence-corrected chi connectivity index (χ4v) is 5.26. The van der Waals surface area contributed by atoms with E-state index >= 15 is 0 Å². The number of halogens is 1. The van der Waals surface area contributed by atoms with Crippen molar-refractivity contribution >= 4 is 23.2 Å². The normalized spacial score (nSPS) is 17.0. The Labute approximate surface area is 211 Å². The lowest BCUT2D eigenvalue weighted by Crippen LogP contribution is -2.50. The third-order valence-corrected chi connectivity index (χ3v) is 7.71. The Bertz CT molecular complexity index is 1340. The second kappa shape index (κ2) is 9.48. The maximum Gasteiger partial charge on any atom is 0.225 e. The molecule has 6 heteroatoms. The number of amides is 1. The number of fused-ring (bicyclic) bond motifs is 1. The number of benzene rings is 2. The van der Waals surface area contributed by atoms with E-state index < -0.39 is 0 Å². The van der Waals surface area contributed by atoms with Crippen LogP contribution in [-0.4, -0.2) is 51.3 Å². The smallest absolute Gasteiger partial charge is 0.225 e. The molecular weight excluding hydrogens is 456 g/mol. The van der Waals surface area contributed by atoms with Gasteiger partial charge in [0.15, 0.2) is 0 Å². The Morgan fingerprint density at radius 3 is 2.26 bits per heavy atom. The summed E-state index contributed by atoms with van der Waals surface area (Å²) in [4.78, 5) is 22.2.